The third-order valence-electron chi connectivity index (χ3n) is 4.11. The summed E-state index contributed by atoms with van der Waals surface area (Å²) in [5.74, 6) is -0.802. The summed E-state index contributed by atoms with van der Waals surface area (Å²) in [5, 5.41) is 11.0. The Bertz CT molecular complexity index is 688. The summed E-state index contributed by atoms with van der Waals surface area (Å²) in [6, 6.07) is 3.98. The topological polar surface area (TPSA) is 99.0 Å². The van der Waals surface area contributed by atoms with E-state index in [1.165, 1.54) is 23.1 Å². The van der Waals surface area contributed by atoms with Crippen LogP contribution in [-0.4, -0.2) is 36.1 Å². The normalized spacial score (nSPS) is 16.2. The van der Waals surface area contributed by atoms with E-state index < -0.39 is 17.0 Å². The number of fused-ring (bicyclic) bond motifs is 1. The van der Waals surface area contributed by atoms with E-state index in [1.54, 1.807) is 0 Å². The molecule has 1 unspecified atom stereocenters. The van der Waals surface area contributed by atoms with Gasteiger partial charge in [-0.3, -0.25) is 24.6 Å². The average Bonchev–Trinajstić information content (AvgIpc) is 2.60. The van der Waals surface area contributed by atoms with Crippen molar-refractivity contribution in [3.8, 4) is 5.75 Å². The van der Waals surface area contributed by atoms with Gasteiger partial charge in [-0.25, -0.2) is 0 Å². The van der Waals surface area contributed by atoms with Gasteiger partial charge >= 0.3 is 5.97 Å². The van der Waals surface area contributed by atoms with Gasteiger partial charge in [0.25, 0.3) is 11.6 Å². The van der Waals surface area contributed by atoms with Crippen LogP contribution in [-0.2, 0) is 14.3 Å². The third kappa shape index (κ3) is 4.50. The molecule has 8 heteroatoms. The summed E-state index contributed by atoms with van der Waals surface area (Å²) >= 11 is 0. The predicted octanol–water partition coefficient (Wildman–Crippen LogP) is 3.08. The zero-order valence-electron chi connectivity index (χ0n) is 15.3. The van der Waals surface area contributed by atoms with Crippen LogP contribution < -0.4 is 9.64 Å². The molecule has 0 aromatic heterocycles. The van der Waals surface area contributed by atoms with Crippen molar-refractivity contribution in [2.45, 2.75) is 46.1 Å². The molecular formula is C18H24N2O6. The van der Waals surface area contributed by atoms with E-state index in [0.717, 1.165) is 19.3 Å². The van der Waals surface area contributed by atoms with E-state index >= 15 is 0 Å². The number of nitrogens with zero attached hydrogens (tertiary/aromatic N) is 2. The first-order chi connectivity index (χ1) is 12.3. The highest BCUT2D eigenvalue weighted by Gasteiger charge is 2.38. The van der Waals surface area contributed by atoms with Crippen molar-refractivity contribution >= 4 is 23.3 Å². The molecule has 0 saturated heterocycles. The number of nitro benzene ring substituents is 1. The van der Waals surface area contributed by atoms with Gasteiger partial charge in [-0.05, 0) is 18.4 Å². The molecule has 1 atom stereocenters. The molecule has 1 aliphatic rings. The second-order valence-corrected chi connectivity index (χ2v) is 6.54. The van der Waals surface area contributed by atoms with Gasteiger partial charge in [-0.1, -0.05) is 33.6 Å². The summed E-state index contributed by atoms with van der Waals surface area (Å²) in [6.45, 7) is 5.74. The lowest BCUT2D eigenvalue weighted by Gasteiger charge is -2.35. The number of hydrogen-bond acceptors (Lipinski definition) is 6. The van der Waals surface area contributed by atoms with E-state index in [0.29, 0.717) is 12.3 Å². The predicted molar refractivity (Wildman–Crippen MR) is 95.2 cm³/mol. The zero-order chi connectivity index (χ0) is 19.3. The van der Waals surface area contributed by atoms with Crippen molar-refractivity contribution in [3.05, 3.63) is 28.3 Å². The third-order valence-corrected chi connectivity index (χ3v) is 4.11. The molecule has 1 aromatic carbocycles. The first kappa shape index (κ1) is 19.7. The molecule has 1 amide bonds. The number of carbonyl (C=O) groups excluding carboxylic acids is 2. The second-order valence-electron chi connectivity index (χ2n) is 6.54. The summed E-state index contributed by atoms with van der Waals surface area (Å²) in [6.07, 6.45) is 1.95. The highest BCUT2D eigenvalue weighted by atomic mass is 16.6. The van der Waals surface area contributed by atoms with Gasteiger partial charge in [0.15, 0.2) is 11.9 Å². The fraction of sp³-hybridized carbons (Fsp3) is 0.556. The molecule has 1 aliphatic heterocycles. The molecule has 1 aromatic rings. The van der Waals surface area contributed by atoms with Gasteiger partial charge in [0.05, 0.1) is 23.3 Å². The molecule has 1 heterocycles. The quantitative estimate of drug-likeness (QED) is 0.304. The SMILES string of the molecule is CCCCCOC(=O)CN1C(=O)C(C(C)C)Oc2cc([N+](=O)[O-])ccc21. The maximum absolute atomic E-state index is 12.7. The van der Waals surface area contributed by atoms with Gasteiger partial charge in [-0.2, -0.15) is 0 Å². The van der Waals surface area contributed by atoms with Gasteiger partial charge < -0.3 is 9.47 Å². The monoisotopic (exact) mass is 364 g/mol. The van der Waals surface area contributed by atoms with Crippen molar-refractivity contribution in [2.24, 2.45) is 5.92 Å². The number of carbonyl (C=O) groups is 2. The lowest BCUT2D eigenvalue weighted by atomic mass is 10.0. The highest BCUT2D eigenvalue weighted by molar-refractivity contribution is 6.03. The first-order valence-electron chi connectivity index (χ1n) is 8.77. The van der Waals surface area contributed by atoms with E-state index in [4.69, 9.17) is 9.47 Å². The van der Waals surface area contributed by atoms with Gasteiger partial charge in [0.2, 0.25) is 0 Å². The number of rotatable bonds is 8. The fourth-order valence-corrected chi connectivity index (χ4v) is 2.69. The van der Waals surface area contributed by atoms with Gasteiger partial charge in [-0.15, -0.1) is 0 Å². The Labute approximate surface area is 152 Å². The van der Waals surface area contributed by atoms with Crippen LogP contribution in [0.3, 0.4) is 0 Å². The van der Waals surface area contributed by atoms with E-state index in [2.05, 4.69) is 6.92 Å². The van der Waals surface area contributed by atoms with Crippen molar-refractivity contribution < 1.29 is 24.0 Å². The number of esters is 1. The Morgan fingerprint density at radius 2 is 2.12 bits per heavy atom. The molecule has 2 rings (SSSR count). The Kier molecular flexibility index (Phi) is 6.54. The van der Waals surface area contributed by atoms with Crippen LogP contribution in [0.2, 0.25) is 0 Å². The smallest absolute Gasteiger partial charge is 0.326 e. The van der Waals surface area contributed by atoms with Crippen LogP contribution in [0.5, 0.6) is 5.75 Å². The number of hydrogen-bond donors (Lipinski definition) is 0. The molecular weight excluding hydrogens is 340 g/mol. The van der Waals surface area contributed by atoms with E-state index in [-0.39, 0.29) is 29.8 Å². The molecule has 8 nitrogen and oxygen atoms in total. The number of nitro groups is 1. The zero-order valence-corrected chi connectivity index (χ0v) is 15.3. The van der Waals surface area contributed by atoms with Gasteiger partial charge in [0.1, 0.15) is 6.54 Å². The maximum Gasteiger partial charge on any atom is 0.326 e. The van der Waals surface area contributed by atoms with Crippen LogP contribution in [0.4, 0.5) is 11.4 Å². The summed E-state index contributed by atoms with van der Waals surface area (Å²) in [5.41, 5.74) is 0.200. The van der Waals surface area contributed by atoms with Crippen LogP contribution in [0.25, 0.3) is 0 Å². The van der Waals surface area contributed by atoms with Crippen molar-refractivity contribution in [1.29, 1.82) is 0 Å². The Hall–Kier alpha value is -2.64. The van der Waals surface area contributed by atoms with Crippen molar-refractivity contribution in [3.63, 3.8) is 0 Å². The van der Waals surface area contributed by atoms with Crippen LogP contribution in [0, 0.1) is 16.0 Å². The number of non-ortho nitro benzene ring substituents is 1. The highest BCUT2D eigenvalue weighted by Crippen LogP contribution is 2.38. The van der Waals surface area contributed by atoms with Crippen LogP contribution in [0.1, 0.15) is 40.0 Å². The number of benzene rings is 1. The fourth-order valence-electron chi connectivity index (χ4n) is 2.69. The molecule has 142 valence electrons. The van der Waals surface area contributed by atoms with Crippen LogP contribution >= 0.6 is 0 Å². The number of ether oxygens (including phenoxy) is 2. The minimum absolute atomic E-state index is 0.136. The van der Waals surface area contributed by atoms with E-state index in [9.17, 15) is 19.7 Å². The standard InChI is InChI=1S/C18H24N2O6/c1-4-5-6-9-25-16(21)11-19-14-8-7-13(20(23)24)10-15(14)26-17(12(2)3)18(19)22/h7-8,10,12,17H,4-6,9,11H2,1-3H3. The molecule has 0 saturated carbocycles. The van der Waals surface area contributed by atoms with Crippen molar-refractivity contribution in [1.82, 2.24) is 0 Å². The van der Waals surface area contributed by atoms with Crippen molar-refractivity contribution in [2.75, 3.05) is 18.1 Å². The Morgan fingerprint density at radius 3 is 2.73 bits per heavy atom. The minimum atomic E-state index is -0.808. The minimum Gasteiger partial charge on any atom is -0.478 e. The first-order valence-corrected chi connectivity index (χ1v) is 8.77. The second kappa shape index (κ2) is 8.64. The number of amides is 1. The van der Waals surface area contributed by atoms with Crippen LogP contribution in [0.15, 0.2) is 18.2 Å². The lowest BCUT2D eigenvalue weighted by Crippen LogP contribution is -2.50. The number of unbranched alkanes of at least 4 members (excludes halogenated alkanes) is 2. The molecule has 26 heavy (non-hydrogen) atoms. The summed E-state index contributed by atoms with van der Waals surface area (Å²) in [4.78, 5) is 36.6. The molecule has 0 N–H and O–H groups in total. The number of anilines is 1. The molecule has 0 spiro atoms. The summed E-state index contributed by atoms with van der Waals surface area (Å²) < 4.78 is 10.9. The Morgan fingerprint density at radius 1 is 1.38 bits per heavy atom. The molecule has 0 aliphatic carbocycles. The average molecular weight is 364 g/mol. The Balaban J connectivity index is 2.22. The summed E-state index contributed by atoms with van der Waals surface area (Å²) in [7, 11) is 0. The van der Waals surface area contributed by atoms with E-state index in [1.807, 2.05) is 13.8 Å². The largest absolute Gasteiger partial charge is 0.478 e. The molecule has 0 radical (unpaired) electrons. The maximum atomic E-state index is 12.7. The molecule has 0 fully saturated rings. The lowest BCUT2D eigenvalue weighted by molar-refractivity contribution is -0.384. The molecule has 0 bridgehead atoms. The van der Waals surface area contributed by atoms with Gasteiger partial charge in [0, 0.05) is 6.07 Å².